The Bertz CT molecular complexity index is 1110. The van der Waals surface area contributed by atoms with Gasteiger partial charge in [0.1, 0.15) is 0 Å². The first-order valence-corrected chi connectivity index (χ1v) is 12.1. The molecule has 0 saturated carbocycles. The van der Waals surface area contributed by atoms with E-state index in [1.165, 1.54) is 29.5 Å². The molecule has 3 rings (SSSR count). The molecule has 0 aliphatic rings. The predicted molar refractivity (Wildman–Crippen MR) is 124 cm³/mol. The Hall–Kier alpha value is -2.77. The molecule has 0 unspecified atom stereocenters. The number of carbonyl (C=O) groups is 1. The van der Waals surface area contributed by atoms with Gasteiger partial charge in [-0.05, 0) is 55.3 Å². The highest BCUT2D eigenvalue weighted by molar-refractivity contribution is 7.99. The summed E-state index contributed by atoms with van der Waals surface area (Å²) < 4.78 is 27.9. The minimum atomic E-state index is -3.71. The van der Waals surface area contributed by atoms with Crippen LogP contribution in [-0.4, -0.2) is 20.1 Å². The normalized spacial score (nSPS) is 11.1. The first kappa shape index (κ1) is 21.9. The Morgan fingerprint density at radius 2 is 1.63 bits per heavy atom. The van der Waals surface area contributed by atoms with E-state index in [9.17, 15) is 13.2 Å². The van der Waals surface area contributed by atoms with Gasteiger partial charge in [-0.1, -0.05) is 48.0 Å². The summed E-state index contributed by atoms with van der Waals surface area (Å²) in [6.07, 6.45) is 0. The standard InChI is InChI=1S/C23H24N2O3S2/c1-17-8-13-22(18(2)14-17)25-30(27,28)21-11-9-20(10-12-21)24-23(26)16-29-15-19-6-4-3-5-7-19/h3-14,25H,15-16H2,1-2H3,(H,24,26). The van der Waals surface area contributed by atoms with Gasteiger partial charge in [0, 0.05) is 11.4 Å². The summed E-state index contributed by atoms with van der Waals surface area (Å²) in [4.78, 5) is 12.3. The monoisotopic (exact) mass is 440 g/mol. The fourth-order valence-electron chi connectivity index (χ4n) is 2.88. The number of anilines is 2. The molecule has 0 aromatic heterocycles. The number of nitrogens with one attached hydrogen (secondary N) is 2. The fourth-order valence-corrected chi connectivity index (χ4v) is 4.80. The Labute approximate surface area is 182 Å². The first-order chi connectivity index (χ1) is 14.3. The van der Waals surface area contributed by atoms with E-state index in [4.69, 9.17) is 0 Å². The van der Waals surface area contributed by atoms with Gasteiger partial charge in [-0.15, -0.1) is 11.8 Å². The lowest BCUT2D eigenvalue weighted by atomic mass is 10.1. The van der Waals surface area contributed by atoms with Gasteiger partial charge in [-0.3, -0.25) is 9.52 Å². The van der Waals surface area contributed by atoms with Crippen LogP contribution in [0.25, 0.3) is 0 Å². The molecule has 5 nitrogen and oxygen atoms in total. The van der Waals surface area contributed by atoms with Gasteiger partial charge in [-0.25, -0.2) is 8.42 Å². The molecule has 0 spiro atoms. The molecule has 7 heteroatoms. The summed E-state index contributed by atoms with van der Waals surface area (Å²) in [5, 5.41) is 2.80. The van der Waals surface area contributed by atoms with Gasteiger partial charge >= 0.3 is 0 Å². The van der Waals surface area contributed by atoms with E-state index < -0.39 is 10.0 Å². The highest BCUT2D eigenvalue weighted by atomic mass is 32.2. The molecule has 0 atom stereocenters. The number of rotatable bonds is 8. The molecule has 30 heavy (non-hydrogen) atoms. The van der Waals surface area contributed by atoms with Crippen LogP contribution >= 0.6 is 11.8 Å². The summed E-state index contributed by atoms with van der Waals surface area (Å²) in [6, 6.07) is 21.6. The van der Waals surface area contributed by atoms with Crippen molar-refractivity contribution >= 4 is 39.1 Å². The van der Waals surface area contributed by atoms with Crippen molar-refractivity contribution < 1.29 is 13.2 Å². The lowest BCUT2D eigenvalue weighted by Crippen LogP contribution is -2.15. The number of thioether (sulfide) groups is 1. The van der Waals surface area contributed by atoms with Crippen LogP contribution in [0.3, 0.4) is 0 Å². The molecule has 0 radical (unpaired) electrons. The molecular formula is C23H24N2O3S2. The fraction of sp³-hybridized carbons (Fsp3) is 0.174. The molecule has 1 amide bonds. The van der Waals surface area contributed by atoms with Crippen molar-refractivity contribution in [1.29, 1.82) is 0 Å². The van der Waals surface area contributed by atoms with Crippen LogP contribution < -0.4 is 10.0 Å². The summed E-state index contributed by atoms with van der Waals surface area (Å²) in [5.74, 6) is 0.957. The quantitative estimate of drug-likeness (QED) is 0.518. The third-order valence-corrected chi connectivity index (χ3v) is 6.80. The molecule has 2 N–H and O–H groups in total. The SMILES string of the molecule is Cc1ccc(NS(=O)(=O)c2ccc(NC(=O)CSCc3ccccc3)cc2)c(C)c1. The van der Waals surface area contributed by atoms with E-state index in [1.807, 2.05) is 56.3 Å². The molecule has 0 saturated heterocycles. The zero-order chi connectivity index (χ0) is 21.6. The number of hydrogen-bond acceptors (Lipinski definition) is 4. The maximum Gasteiger partial charge on any atom is 0.261 e. The van der Waals surface area contributed by atoms with Crippen molar-refractivity contribution in [2.24, 2.45) is 0 Å². The maximum atomic E-state index is 12.6. The lowest BCUT2D eigenvalue weighted by molar-refractivity contribution is -0.113. The van der Waals surface area contributed by atoms with Crippen molar-refractivity contribution in [2.75, 3.05) is 15.8 Å². The van der Waals surface area contributed by atoms with Crippen LogP contribution in [0.1, 0.15) is 16.7 Å². The van der Waals surface area contributed by atoms with Gasteiger partial charge in [0.25, 0.3) is 10.0 Å². The number of aryl methyl sites for hydroxylation is 2. The van der Waals surface area contributed by atoms with Crippen LogP contribution in [0.2, 0.25) is 0 Å². The van der Waals surface area contributed by atoms with E-state index in [0.717, 1.165) is 16.9 Å². The summed E-state index contributed by atoms with van der Waals surface area (Å²) >= 11 is 1.53. The number of hydrogen-bond donors (Lipinski definition) is 2. The van der Waals surface area contributed by atoms with Gasteiger partial charge in [-0.2, -0.15) is 0 Å². The minimum absolute atomic E-state index is 0.125. The topological polar surface area (TPSA) is 75.3 Å². The van der Waals surface area contributed by atoms with Gasteiger partial charge in [0.15, 0.2) is 0 Å². The van der Waals surface area contributed by atoms with Crippen LogP contribution in [0.4, 0.5) is 11.4 Å². The zero-order valence-corrected chi connectivity index (χ0v) is 18.5. The minimum Gasteiger partial charge on any atom is -0.325 e. The van der Waals surface area contributed by atoms with Crippen LogP contribution in [0.5, 0.6) is 0 Å². The first-order valence-electron chi connectivity index (χ1n) is 9.45. The molecule has 3 aromatic carbocycles. The molecule has 156 valence electrons. The lowest BCUT2D eigenvalue weighted by Gasteiger charge is -2.12. The van der Waals surface area contributed by atoms with E-state index in [1.54, 1.807) is 18.2 Å². The smallest absolute Gasteiger partial charge is 0.261 e. The number of benzene rings is 3. The van der Waals surface area contributed by atoms with Gasteiger partial charge in [0.2, 0.25) is 5.91 Å². The van der Waals surface area contributed by atoms with E-state index in [2.05, 4.69) is 10.0 Å². The Morgan fingerprint density at radius 1 is 0.933 bits per heavy atom. The van der Waals surface area contributed by atoms with Gasteiger partial charge in [0.05, 0.1) is 16.3 Å². The largest absolute Gasteiger partial charge is 0.325 e. The van der Waals surface area contributed by atoms with Crippen molar-refractivity contribution in [3.63, 3.8) is 0 Å². The summed E-state index contributed by atoms with van der Waals surface area (Å²) in [7, 11) is -3.71. The average molecular weight is 441 g/mol. The third-order valence-electron chi connectivity index (χ3n) is 4.42. The zero-order valence-electron chi connectivity index (χ0n) is 16.9. The second kappa shape index (κ2) is 9.82. The third kappa shape index (κ3) is 6.11. The summed E-state index contributed by atoms with van der Waals surface area (Å²) in [6.45, 7) is 3.82. The Balaban J connectivity index is 1.56. The molecule has 3 aromatic rings. The second-order valence-electron chi connectivity index (χ2n) is 6.97. The van der Waals surface area contributed by atoms with E-state index in [-0.39, 0.29) is 10.8 Å². The average Bonchev–Trinajstić information content (AvgIpc) is 2.71. The van der Waals surface area contributed by atoms with Crippen molar-refractivity contribution in [3.05, 3.63) is 89.5 Å². The number of carbonyl (C=O) groups excluding carboxylic acids is 1. The highest BCUT2D eigenvalue weighted by Gasteiger charge is 2.15. The predicted octanol–water partition coefficient (Wildman–Crippen LogP) is 4.98. The van der Waals surface area contributed by atoms with Crippen LogP contribution in [-0.2, 0) is 20.6 Å². The van der Waals surface area contributed by atoms with Crippen molar-refractivity contribution in [3.8, 4) is 0 Å². The van der Waals surface area contributed by atoms with E-state index in [0.29, 0.717) is 17.1 Å². The van der Waals surface area contributed by atoms with Gasteiger partial charge < -0.3 is 5.32 Å². The molecule has 0 aliphatic heterocycles. The van der Waals surface area contributed by atoms with Crippen LogP contribution in [0.15, 0.2) is 77.7 Å². The maximum absolute atomic E-state index is 12.6. The Kier molecular flexibility index (Phi) is 7.18. The van der Waals surface area contributed by atoms with Crippen molar-refractivity contribution in [1.82, 2.24) is 0 Å². The molecule has 0 fully saturated rings. The van der Waals surface area contributed by atoms with E-state index >= 15 is 0 Å². The second-order valence-corrected chi connectivity index (χ2v) is 9.64. The molecule has 0 heterocycles. The molecular weight excluding hydrogens is 416 g/mol. The van der Waals surface area contributed by atoms with Crippen LogP contribution in [0, 0.1) is 13.8 Å². The van der Waals surface area contributed by atoms with Crippen molar-refractivity contribution in [2.45, 2.75) is 24.5 Å². The number of sulfonamides is 1. The molecule has 0 bridgehead atoms. The highest BCUT2D eigenvalue weighted by Crippen LogP contribution is 2.22. The Morgan fingerprint density at radius 3 is 2.30 bits per heavy atom. The number of amides is 1. The summed E-state index contributed by atoms with van der Waals surface area (Å²) in [5.41, 5.74) is 4.20. The molecule has 0 aliphatic carbocycles.